The molecule has 0 atom stereocenters. The number of aryl methyl sites for hydroxylation is 3. The highest BCUT2D eigenvalue weighted by Gasteiger charge is 2.13. The van der Waals surface area contributed by atoms with Crippen LogP contribution in [0.15, 0.2) is 35.3 Å². The summed E-state index contributed by atoms with van der Waals surface area (Å²) in [6, 6.07) is 7.08. The van der Waals surface area contributed by atoms with E-state index in [0.717, 1.165) is 16.8 Å². The van der Waals surface area contributed by atoms with E-state index < -0.39 is 5.97 Å². The summed E-state index contributed by atoms with van der Waals surface area (Å²) < 4.78 is 1.25. The Morgan fingerprint density at radius 3 is 2.50 bits per heavy atom. The highest BCUT2D eigenvalue weighted by Crippen LogP contribution is 2.23. The van der Waals surface area contributed by atoms with Crippen molar-refractivity contribution in [1.29, 1.82) is 0 Å². The topological polar surface area (TPSA) is 71.3 Å². The van der Waals surface area contributed by atoms with Crippen LogP contribution in [0.2, 0.25) is 0 Å². The van der Waals surface area contributed by atoms with E-state index >= 15 is 0 Å². The van der Waals surface area contributed by atoms with Crippen LogP contribution in [0, 0.1) is 13.8 Å². The predicted molar refractivity (Wildman–Crippen MR) is 77.8 cm³/mol. The number of aromatic carboxylic acids is 1. The van der Waals surface area contributed by atoms with Gasteiger partial charge >= 0.3 is 5.97 Å². The Labute approximate surface area is 116 Å². The normalized spacial score (nSPS) is 10.3. The SMILES string of the molecule is Cc1ccc(Nc2cc(=O)n(C)cc2C(=O)O)c(C)c1. The number of aromatic nitrogens is 1. The molecule has 2 rings (SSSR count). The maximum absolute atomic E-state index is 11.7. The molecule has 1 heterocycles. The number of pyridine rings is 1. The van der Waals surface area contributed by atoms with Crippen LogP contribution in [-0.2, 0) is 7.05 Å². The molecule has 5 heteroatoms. The molecule has 0 aliphatic carbocycles. The van der Waals surface area contributed by atoms with Crippen LogP contribution in [0.3, 0.4) is 0 Å². The van der Waals surface area contributed by atoms with E-state index in [9.17, 15) is 14.7 Å². The molecule has 0 unspecified atom stereocenters. The fourth-order valence-electron chi connectivity index (χ4n) is 2.00. The van der Waals surface area contributed by atoms with Crippen LogP contribution in [0.1, 0.15) is 21.5 Å². The molecule has 2 aromatic rings. The van der Waals surface area contributed by atoms with E-state index in [2.05, 4.69) is 5.32 Å². The second-order valence-electron chi connectivity index (χ2n) is 4.80. The molecule has 0 saturated carbocycles. The standard InChI is InChI=1S/C15H16N2O3/c1-9-4-5-12(10(2)6-9)16-13-7-14(18)17(3)8-11(13)15(19)20/h4-8,16H,1-3H3,(H,19,20). The summed E-state index contributed by atoms with van der Waals surface area (Å²) in [6.45, 7) is 3.91. The number of nitrogens with zero attached hydrogens (tertiary/aromatic N) is 1. The molecule has 2 N–H and O–H groups in total. The number of carboxylic acids is 1. The Morgan fingerprint density at radius 2 is 1.90 bits per heavy atom. The van der Waals surface area contributed by atoms with Crippen LogP contribution in [0.25, 0.3) is 0 Å². The lowest BCUT2D eigenvalue weighted by atomic mass is 10.1. The summed E-state index contributed by atoms with van der Waals surface area (Å²) in [5.41, 5.74) is 2.99. The van der Waals surface area contributed by atoms with Gasteiger partial charge in [0.15, 0.2) is 0 Å². The van der Waals surface area contributed by atoms with E-state index in [0.29, 0.717) is 5.69 Å². The Bertz CT molecular complexity index is 732. The second-order valence-corrected chi connectivity index (χ2v) is 4.80. The van der Waals surface area contributed by atoms with Gasteiger partial charge in [-0.25, -0.2) is 4.79 Å². The van der Waals surface area contributed by atoms with E-state index in [1.54, 1.807) is 0 Å². The monoisotopic (exact) mass is 272 g/mol. The molecule has 0 bridgehead atoms. The summed E-state index contributed by atoms with van der Waals surface area (Å²) >= 11 is 0. The minimum Gasteiger partial charge on any atom is -0.478 e. The van der Waals surface area contributed by atoms with Crippen molar-refractivity contribution in [2.75, 3.05) is 5.32 Å². The van der Waals surface area contributed by atoms with E-state index in [-0.39, 0.29) is 11.1 Å². The molecule has 0 radical (unpaired) electrons. The number of nitrogens with one attached hydrogen (secondary N) is 1. The molecular formula is C15H16N2O3. The first-order valence-corrected chi connectivity index (χ1v) is 6.16. The zero-order chi connectivity index (χ0) is 14.9. The first-order valence-electron chi connectivity index (χ1n) is 6.16. The molecule has 0 fully saturated rings. The van der Waals surface area contributed by atoms with Gasteiger partial charge in [-0.2, -0.15) is 0 Å². The van der Waals surface area contributed by atoms with Crippen molar-refractivity contribution in [3.8, 4) is 0 Å². The molecule has 104 valence electrons. The largest absolute Gasteiger partial charge is 0.478 e. The van der Waals surface area contributed by atoms with Crippen molar-refractivity contribution < 1.29 is 9.90 Å². The summed E-state index contributed by atoms with van der Waals surface area (Å²) in [7, 11) is 1.52. The molecule has 5 nitrogen and oxygen atoms in total. The highest BCUT2D eigenvalue weighted by molar-refractivity contribution is 5.94. The van der Waals surface area contributed by atoms with Gasteiger partial charge in [-0.1, -0.05) is 17.7 Å². The Morgan fingerprint density at radius 1 is 1.20 bits per heavy atom. The lowest BCUT2D eigenvalue weighted by Crippen LogP contribution is -2.19. The van der Waals surface area contributed by atoms with Crippen molar-refractivity contribution in [2.45, 2.75) is 13.8 Å². The lowest BCUT2D eigenvalue weighted by molar-refractivity contribution is 0.0697. The second kappa shape index (κ2) is 5.21. The quantitative estimate of drug-likeness (QED) is 0.900. The Balaban J connectivity index is 2.50. The minimum atomic E-state index is -1.08. The molecule has 0 amide bonds. The zero-order valence-electron chi connectivity index (χ0n) is 11.6. The number of carboxylic acid groups (broad SMARTS) is 1. The number of hydrogen-bond acceptors (Lipinski definition) is 3. The van der Waals surface area contributed by atoms with Gasteiger partial charge in [0.05, 0.1) is 11.3 Å². The van der Waals surface area contributed by atoms with Gasteiger partial charge in [-0.3, -0.25) is 4.79 Å². The van der Waals surface area contributed by atoms with Crippen LogP contribution < -0.4 is 10.9 Å². The van der Waals surface area contributed by atoms with E-state index in [1.165, 1.54) is 23.9 Å². The third-order valence-electron chi connectivity index (χ3n) is 3.11. The first-order chi connectivity index (χ1) is 9.38. The van der Waals surface area contributed by atoms with Gasteiger partial charge in [0.25, 0.3) is 5.56 Å². The molecular weight excluding hydrogens is 256 g/mol. The van der Waals surface area contributed by atoms with Crippen LogP contribution >= 0.6 is 0 Å². The maximum atomic E-state index is 11.7. The number of benzene rings is 1. The van der Waals surface area contributed by atoms with Crippen molar-refractivity contribution in [2.24, 2.45) is 7.05 Å². The van der Waals surface area contributed by atoms with Crippen molar-refractivity contribution in [1.82, 2.24) is 4.57 Å². The molecule has 0 aliphatic rings. The third-order valence-corrected chi connectivity index (χ3v) is 3.11. The average molecular weight is 272 g/mol. The molecule has 1 aromatic heterocycles. The van der Waals surface area contributed by atoms with Gasteiger partial charge in [-0.15, -0.1) is 0 Å². The van der Waals surface area contributed by atoms with E-state index in [4.69, 9.17) is 0 Å². The van der Waals surface area contributed by atoms with Crippen LogP contribution in [-0.4, -0.2) is 15.6 Å². The Hall–Kier alpha value is -2.56. The predicted octanol–water partition coefficient (Wildman–Crippen LogP) is 2.44. The zero-order valence-corrected chi connectivity index (χ0v) is 11.6. The smallest absolute Gasteiger partial charge is 0.339 e. The number of anilines is 2. The minimum absolute atomic E-state index is 0.0621. The molecule has 0 aliphatic heterocycles. The van der Waals surface area contributed by atoms with Gasteiger partial charge < -0.3 is 15.0 Å². The summed E-state index contributed by atoms with van der Waals surface area (Å²) in [5.74, 6) is -1.08. The van der Waals surface area contributed by atoms with Gasteiger partial charge in [-0.05, 0) is 25.5 Å². The van der Waals surface area contributed by atoms with Crippen molar-refractivity contribution in [3.63, 3.8) is 0 Å². The van der Waals surface area contributed by atoms with E-state index in [1.807, 2.05) is 32.0 Å². The number of hydrogen-bond donors (Lipinski definition) is 2. The lowest BCUT2D eigenvalue weighted by Gasteiger charge is -2.13. The fourth-order valence-corrected chi connectivity index (χ4v) is 2.00. The number of carbonyl (C=O) groups is 1. The third kappa shape index (κ3) is 2.71. The van der Waals surface area contributed by atoms with Crippen molar-refractivity contribution in [3.05, 3.63) is 57.5 Å². The molecule has 20 heavy (non-hydrogen) atoms. The van der Waals surface area contributed by atoms with Crippen LogP contribution in [0.4, 0.5) is 11.4 Å². The molecule has 1 aromatic carbocycles. The number of rotatable bonds is 3. The summed E-state index contributed by atoms with van der Waals surface area (Å²) in [6.07, 6.45) is 1.32. The average Bonchev–Trinajstić information content (AvgIpc) is 2.36. The maximum Gasteiger partial charge on any atom is 0.339 e. The van der Waals surface area contributed by atoms with Crippen LogP contribution in [0.5, 0.6) is 0 Å². The molecule has 0 saturated heterocycles. The van der Waals surface area contributed by atoms with Gasteiger partial charge in [0.2, 0.25) is 0 Å². The Kier molecular flexibility index (Phi) is 3.61. The fraction of sp³-hybridized carbons (Fsp3) is 0.200. The van der Waals surface area contributed by atoms with Gasteiger partial charge in [0.1, 0.15) is 0 Å². The molecule has 0 spiro atoms. The highest BCUT2D eigenvalue weighted by atomic mass is 16.4. The van der Waals surface area contributed by atoms with Gasteiger partial charge in [0, 0.05) is 25.0 Å². The first kappa shape index (κ1) is 13.9. The van der Waals surface area contributed by atoms with Crippen molar-refractivity contribution >= 4 is 17.3 Å². The summed E-state index contributed by atoms with van der Waals surface area (Å²) in [4.78, 5) is 22.9. The summed E-state index contributed by atoms with van der Waals surface area (Å²) in [5, 5.41) is 12.2.